The van der Waals surface area contributed by atoms with Crippen LogP contribution < -0.4 is 5.73 Å². The molecule has 3 nitrogen and oxygen atoms in total. The maximum absolute atomic E-state index is 9.43. The van der Waals surface area contributed by atoms with Crippen LogP contribution in [0.1, 0.15) is 23.2 Å². The average Bonchev–Trinajstić information content (AvgIpc) is 2.68. The molecule has 0 spiro atoms. The predicted molar refractivity (Wildman–Crippen MR) is 74.1 cm³/mol. The number of halogens is 1. The highest BCUT2D eigenvalue weighted by Gasteiger charge is 2.32. The summed E-state index contributed by atoms with van der Waals surface area (Å²) in [6.07, 6.45) is 2.41. The fraction of sp³-hybridized carbons (Fsp3) is 0.429. The fourth-order valence-electron chi connectivity index (χ4n) is 2.90. The van der Waals surface area contributed by atoms with E-state index in [1.165, 1.54) is 11.3 Å². The van der Waals surface area contributed by atoms with Crippen LogP contribution in [0.4, 0.5) is 0 Å². The van der Waals surface area contributed by atoms with Crippen LogP contribution in [0.15, 0.2) is 12.1 Å². The van der Waals surface area contributed by atoms with E-state index in [1.54, 1.807) is 0 Å². The Labute approximate surface area is 111 Å². The minimum atomic E-state index is -0.488. The molecule has 0 aliphatic heterocycles. The third-order valence-corrected chi connectivity index (χ3v) is 4.20. The Bertz CT molecular complexity index is 620. The molecule has 1 aliphatic rings. The number of aryl methyl sites for hydroxylation is 2. The van der Waals surface area contributed by atoms with Gasteiger partial charge in [0.1, 0.15) is 0 Å². The lowest BCUT2D eigenvalue weighted by Gasteiger charge is -2.31. The molecule has 18 heavy (non-hydrogen) atoms. The van der Waals surface area contributed by atoms with Crippen molar-refractivity contribution in [3.8, 4) is 0 Å². The molecular weight excluding hydrogens is 248 g/mol. The third-order valence-electron chi connectivity index (χ3n) is 3.98. The van der Waals surface area contributed by atoms with E-state index in [0.717, 1.165) is 34.3 Å². The van der Waals surface area contributed by atoms with E-state index < -0.39 is 5.54 Å². The first-order valence-corrected chi connectivity index (χ1v) is 6.59. The maximum Gasteiger partial charge on any atom is 0.0614 e. The summed E-state index contributed by atoms with van der Waals surface area (Å²) >= 11 is 6.13. The van der Waals surface area contributed by atoms with E-state index in [-0.39, 0.29) is 6.61 Å². The van der Waals surface area contributed by atoms with Gasteiger partial charge >= 0.3 is 0 Å². The van der Waals surface area contributed by atoms with Gasteiger partial charge in [-0.05, 0) is 49.4 Å². The highest BCUT2D eigenvalue weighted by atomic mass is 35.5. The Balaban J connectivity index is 2.21. The minimum absolute atomic E-state index is 0.0264. The Kier molecular flexibility index (Phi) is 2.66. The van der Waals surface area contributed by atoms with Crippen LogP contribution in [-0.4, -0.2) is 22.2 Å². The van der Waals surface area contributed by atoms with E-state index in [2.05, 4.69) is 11.9 Å². The Hall–Kier alpha value is -1.03. The number of rotatable bonds is 1. The lowest BCUT2D eigenvalue weighted by molar-refractivity contribution is 0.181. The highest BCUT2D eigenvalue weighted by molar-refractivity contribution is 6.31. The Morgan fingerprint density at radius 2 is 2.28 bits per heavy atom. The number of aliphatic hydroxyl groups excluding tert-OH is 1. The number of hydrogen-bond donors (Lipinski definition) is 3. The second-order valence-corrected chi connectivity index (χ2v) is 5.86. The van der Waals surface area contributed by atoms with E-state index in [0.29, 0.717) is 6.42 Å². The standard InChI is InChI=1S/C14H17ClN2O/c1-8-4-9(15)5-10-11-6-14(16,7-18)3-2-12(11)17-13(8)10/h4-5,17-18H,2-3,6-7,16H2,1H3. The molecule has 96 valence electrons. The van der Waals surface area contributed by atoms with Crippen molar-refractivity contribution in [2.75, 3.05) is 6.61 Å². The number of hydrogen-bond acceptors (Lipinski definition) is 2. The maximum atomic E-state index is 9.43. The molecule has 2 aromatic rings. The zero-order valence-electron chi connectivity index (χ0n) is 10.4. The van der Waals surface area contributed by atoms with Gasteiger partial charge in [-0.25, -0.2) is 0 Å². The van der Waals surface area contributed by atoms with Crippen LogP contribution in [-0.2, 0) is 12.8 Å². The molecule has 0 radical (unpaired) electrons. The van der Waals surface area contributed by atoms with Crippen molar-refractivity contribution in [3.05, 3.63) is 34.0 Å². The highest BCUT2D eigenvalue weighted by Crippen LogP contribution is 2.35. The summed E-state index contributed by atoms with van der Waals surface area (Å²) in [6.45, 7) is 2.08. The van der Waals surface area contributed by atoms with Gasteiger partial charge < -0.3 is 15.8 Å². The van der Waals surface area contributed by atoms with Gasteiger partial charge in [0.2, 0.25) is 0 Å². The molecule has 4 N–H and O–H groups in total. The third kappa shape index (κ3) is 1.74. The molecule has 1 aromatic heterocycles. The van der Waals surface area contributed by atoms with Crippen molar-refractivity contribution in [2.45, 2.75) is 31.7 Å². The molecule has 0 saturated heterocycles. The molecule has 1 aliphatic carbocycles. The fourth-order valence-corrected chi connectivity index (χ4v) is 3.17. The monoisotopic (exact) mass is 264 g/mol. The summed E-state index contributed by atoms with van der Waals surface area (Å²) in [7, 11) is 0. The molecule has 4 heteroatoms. The summed E-state index contributed by atoms with van der Waals surface area (Å²) in [5.74, 6) is 0. The molecule has 1 atom stereocenters. The van der Waals surface area contributed by atoms with E-state index in [1.807, 2.05) is 12.1 Å². The zero-order valence-corrected chi connectivity index (χ0v) is 11.1. The largest absolute Gasteiger partial charge is 0.394 e. The van der Waals surface area contributed by atoms with Crippen molar-refractivity contribution in [1.82, 2.24) is 4.98 Å². The van der Waals surface area contributed by atoms with Crippen molar-refractivity contribution in [3.63, 3.8) is 0 Å². The smallest absolute Gasteiger partial charge is 0.0614 e. The second-order valence-electron chi connectivity index (χ2n) is 5.42. The molecule has 1 aromatic carbocycles. The first kappa shape index (κ1) is 12.0. The molecule has 0 saturated carbocycles. The van der Waals surface area contributed by atoms with Crippen LogP contribution in [0.5, 0.6) is 0 Å². The number of nitrogens with one attached hydrogen (secondary N) is 1. The normalized spacial score (nSPS) is 23.3. The molecular formula is C14H17ClN2O. The molecule has 1 heterocycles. The van der Waals surface area contributed by atoms with Crippen LogP contribution in [0.2, 0.25) is 5.02 Å². The number of aliphatic hydroxyl groups is 1. The first-order valence-electron chi connectivity index (χ1n) is 6.22. The lowest BCUT2D eigenvalue weighted by atomic mass is 9.81. The van der Waals surface area contributed by atoms with Gasteiger partial charge in [-0.15, -0.1) is 0 Å². The minimum Gasteiger partial charge on any atom is -0.394 e. The van der Waals surface area contributed by atoms with Crippen molar-refractivity contribution in [2.24, 2.45) is 5.73 Å². The number of benzene rings is 1. The Morgan fingerprint density at radius 1 is 1.50 bits per heavy atom. The number of fused-ring (bicyclic) bond motifs is 3. The molecule has 0 fully saturated rings. The molecule has 1 unspecified atom stereocenters. The predicted octanol–water partition coefficient (Wildman–Crippen LogP) is 2.31. The van der Waals surface area contributed by atoms with Gasteiger partial charge in [0.25, 0.3) is 0 Å². The summed E-state index contributed by atoms with van der Waals surface area (Å²) in [4.78, 5) is 3.48. The molecule has 0 bridgehead atoms. The summed E-state index contributed by atoms with van der Waals surface area (Å²) < 4.78 is 0. The van der Waals surface area contributed by atoms with E-state index >= 15 is 0 Å². The van der Waals surface area contributed by atoms with E-state index in [9.17, 15) is 5.11 Å². The van der Waals surface area contributed by atoms with Gasteiger partial charge in [0.05, 0.1) is 6.61 Å². The van der Waals surface area contributed by atoms with Gasteiger partial charge in [-0.2, -0.15) is 0 Å². The Morgan fingerprint density at radius 3 is 3.00 bits per heavy atom. The van der Waals surface area contributed by atoms with Gasteiger partial charge in [0.15, 0.2) is 0 Å². The van der Waals surface area contributed by atoms with Crippen molar-refractivity contribution in [1.29, 1.82) is 0 Å². The van der Waals surface area contributed by atoms with Crippen molar-refractivity contribution >= 4 is 22.5 Å². The van der Waals surface area contributed by atoms with Gasteiger partial charge in [-0.1, -0.05) is 11.6 Å². The average molecular weight is 265 g/mol. The topological polar surface area (TPSA) is 62.0 Å². The first-order chi connectivity index (χ1) is 8.52. The summed E-state index contributed by atoms with van der Waals surface area (Å²) in [5.41, 5.74) is 10.5. The molecule has 3 rings (SSSR count). The van der Waals surface area contributed by atoms with Crippen LogP contribution in [0, 0.1) is 6.92 Å². The van der Waals surface area contributed by atoms with Crippen molar-refractivity contribution < 1.29 is 5.11 Å². The van der Waals surface area contributed by atoms with Gasteiger partial charge in [0, 0.05) is 27.2 Å². The lowest BCUT2D eigenvalue weighted by Crippen LogP contribution is -2.48. The van der Waals surface area contributed by atoms with E-state index in [4.69, 9.17) is 17.3 Å². The number of nitrogens with two attached hydrogens (primary N) is 1. The number of aromatic nitrogens is 1. The number of H-pyrrole nitrogens is 1. The van der Waals surface area contributed by atoms with Crippen LogP contribution in [0.25, 0.3) is 10.9 Å². The SMILES string of the molecule is Cc1cc(Cl)cc2c3c([nH]c12)CCC(N)(CO)C3. The van der Waals surface area contributed by atoms with Crippen LogP contribution >= 0.6 is 11.6 Å². The zero-order chi connectivity index (χ0) is 12.9. The van der Waals surface area contributed by atoms with Crippen LogP contribution in [0.3, 0.4) is 0 Å². The molecule has 0 amide bonds. The summed E-state index contributed by atoms with van der Waals surface area (Å²) in [5, 5.41) is 11.3. The second kappa shape index (κ2) is 3.98. The number of aromatic amines is 1. The van der Waals surface area contributed by atoms with Gasteiger partial charge in [-0.3, -0.25) is 0 Å². The summed E-state index contributed by atoms with van der Waals surface area (Å²) in [6, 6.07) is 3.95. The quantitative estimate of drug-likeness (QED) is 0.740.